The fourth-order valence-electron chi connectivity index (χ4n) is 1.44. The molecule has 1 rings (SSSR count). The Morgan fingerprint density at radius 1 is 1.23 bits per heavy atom. The van der Waals surface area contributed by atoms with E-state index >= 15 is 0 Å². The number of alkyl carbamates (subject to hydrolysis) is 1. The molecule has 1 aromatic rings. The van der Waals surface area contributed by atoms with Crippen molar-refractivity contribution in [3.63, 3.8) is 0 Å². The van der Waals surface area contributed by atoms with Crippen LogP contribution in [0.5, 0.6) is 0 Å². The highest BCUT2D eigenvalue weighted by molar-refractivity contribution is 6.83. The molecule has 0 aliphatic heterocycles. The molecule has 1 amide bonds. The minimum atomic E-state index is -1.66. The summed E-state index contributed by atoms with van der Waals surface area (Å²) in [5.41, 5.74) is 3.90. The summed E-state index contributed by atoms with van der Waals surface area (Å²) in [6, 6.07) is 8.26. The first kappa shape index (κ1) is 17.8. The molecule has 0 aliphatic rings. The molecule has 0 aliphatic carbocycles. The first-order valence-electron chi connectivity index (χ1n) is 6.89. The first-order chi connectivity index (χ1) is 10.3. The number of methoxy groups -OCH3 is 1. The van der Waals surface area contributed by atoms with E-state index in [1.165, 1.54) is 7.11 Å². The van der Waals surface area contributed by atoms with Gasteiger partial charge >= 0.3 is 12.1 Å². The SMILES string of the molecule is COC(=O)C(C#C[Si](C)(C)C)NC(=O)OCc1ccccc1. The maximum Gasteiger partial charge on any atom is 0.408 e. The molecule has 22 heavy (non-hydrogen) atoms. The fraction of sp³-hybridized carbons (Fsp3) is 0.375. The van der Waals surface area contributed by atoms with Crippen LogP contribution in [0.4, 0.5) is 4.79 Å². The molecule has 0 fully saturated rings. The van der Waals surface area contributed by atoms with Gasteiger partial charge in [-0.2, -0.15) is 0 Å². The van der Waals surface area contributed by atoms with Crippen LogP contribution in [0.15, 0.2) is 30.3 Å². The summed E-state index contributed by atoms with van der Waals surface area (Å²) >= 11 is 0. The molecule has 0 bridgehead atoms. The predicted octanol–water partition coefficient (Wildman–Crippen LogP) is 2.34. The van der Waals surface area contributed by atoms with Gasteiger partial charge < -0.3 is 9.47 Å². The number of hydrogen-bond acceptors (Lipinski definition) is 4. The van der Waals surface area contributed by atoms with Crippen molar-refractivity contribution in [3.05, 3.63) is 35.9 Å². The third-order valence-corrected chi connectivity index (χ3v) is 3.40. The van der Waals surface area contributed by atoms with Crippen LogP contribution in [0.1, 0.15) is 5.56 Å². The highest BCUT2D eigenvalue weighted by Gasteiger charge is 2.20. The van der Waals surface area contributed by atoms with Crippen LogP contribution in [0, 0.1) is 11.5 Å². The van der Waals surface area contributed by atoms with Crippen LogP contribution < -0.4 is 5.32 Å². The van der Waals surface area contributed by atoms with Crippen LogP contribution in [0.3, 0.4) is 0 Å². The first-order valence-corrected chi connectivity index (χ1v) is 10.4. The third kappa shape index (κ3) is 6.95. The fourth-order valence-corrected chi connectivity index (χ4v) is 2.02. The zero-order chi connectivity index (χ0) is 16.6. The van der Waals surface area contributed by atoms with E-state index in [0.29, 0.717) is 0 Å². The molecule has 0 spiro atoms. The summed E-state index contributed by atoms with van der Waals surface area (Å²) < 4.78 is 9.72. The molecule has 118 valence electrons. The van der Waals surface area contributed by atoms with Crippen LogP contribution in [0.25, 0.3) is 0 Å². The molecule has 0 radical (unpaired) electrons. The number of benzene rings is 1. The zero-order valence-corrected chi connectivity index (χ0v) is 14.3. The van der Waals surface area contributed by atoms with E-state index in [2.05, 4.69) is 21.5 Å². The van der Waals surface area contributed by atoms with Crippen molar-refractivity contribution in [2.75, 3.05) is 7.11 Å². The van der Waals surface area contributed by atoms with Gasteiger partial charge in [0.25, 0.3) is 0 Å². The number of ether oxygens (including phenoxy) is 2. The van der Waals surface area contributed by atoms with Crippen molar-refractivity contribution in [3.8, 4) is 11.5 Å². The zero-order valence-electron chi connectivity index (χ0n) is 13.3. The lowest BCUT2D eigenvalue weighted by Crippen LogP contribution is -2.41. The standard InChI is InChI=1S/C16H21NO4Si/c1-20-15(18)14(10-11-22(2,3)4)17-16(19)21-12-13-8-6-5-7-9-13/h5-9,14H,12H2,1-4H3,(H,17,19). The Morgan fingerprint density at radius 3 is 2.41 bits per heavy atom. The van der Waals surface area contributed by atoms with Gasteiger partial charge in [-0.25, -0.2) is 9.59 Å². The minimum Gasteiger partial charge on any atom is -0.467 e. The van der Waals surface area contributed by atoms with Crippen molar-refractivity contribution in [1.82, 2.24) is 5.32 Å². The summed E-state index contributed by atoms with van der Waals surface area (Å²) in [5.74, 6) is 2.16. The van der Waals surface area contributed by atoms with Gasteiger partial charge in [0.15, 0.2) is 6.04 Å². The highest BCUT2D eigenvalue weighted by atomic mass is 28.3. The van der Waals surface area contributed by atoms with Gasteiger partial charge in [0.05, 0.1) is 7.11 Å². The maximum atomic E-state index is 11.8. The lowest BCUT2D eigenvalue weighted by Gasteiger charge is -2.12. The van der Waals surface area contributed by atoms with Gasteiger partial charge in [0.2, 0.25) is 0 Å². The van der Waals surface area contributed by atoms with Gasteiger partial charge in [0.1, 0.15) is 14.7 Å². The Morgan fingerprint density at radius 2 is 1.86 bits per heavy atom. The number of hydrogen-bond donors (Lipinski definition) is 1. The molecule has 1 atom stereocenters. The van der Waals surface area contributed by atoms with E-state index in [9.17, 15) is 9.59 Å². The van der Waals surface area contributed by atoms with Gasteiger partial charge in [-0.3, -0.25) is 5.32 Å². The molecule has 1 unspecified atom stereocenters. The number of amides is 1. The molecular weight excluding hydrogens is 298 g/mol. The van der Waals surface area contributed by atoms with Crippen LogP contribution in [0.2, 0.25) is 19.6 Å². The highest BCUT2D eigenvalue weighted by Crippen LogP contribution is 2.01. The lowest BCUT2D eigenvalue weighted by atomic mass is 10.2. The normalized spacial score (nSPS) is 11.6. The summed E-state index contributed by atoms with van der Waals surface area (Å²) in [6.07, 6.45) is -0.705. The summed E-state index contributed by atoms with van der Waals surface area (Å²) in [6.45, 7) is 6.26. The molecule has 1 aromatic carbocycles. The molecular formula is C16H21NO4Si. The van der Waals surface area contributed by atoms with Crippen molar-refractivity contribution >= 4 is 20.1 Å². The number of carbonyl (C=O) groups excluding carboxylic acids is 2. The quantitative estimate of drug-likeness (QED) is 0.525. The molecule has 0 heterocycles. The van der Waals surface area contributed by atoms with E-state index in [0.717, 1.165) is 5.56 Å². The maximum absolute atomic E-state index is 11.8. The van der Waals surface area contributed by atoms with E-state index in [1.807, 2.05) is 50.0 Å². The number of carbonyl (C=O) groups is 2. The van der Waals surface area contributed by atoms with Gasteiger partial charge in [0, 0.05) is 0 Å². The Labute approximate surface area is 132 Å². The third-order valence-electron chi connectivity index (χ3n) is 2.50. The van der Waals surface area contributed by atoms with E-state index in [4.69, 9.17) is 4.74 Å². The van der Waals surface area contributed by atoms with Gasteiger partial charge in [-0.15, -0.1) is 5.54 Å². The Hall–Kier alpha value is -2.26. The Balaban J connectivity index is 2.63. The Kier molecular flexibility index (Phi) is 6.67. The molecule has 0 saturated heterocycles. The summed E-state index contributed by atoms with van der Waals surface area (Å²) in [4.78, 5) is 23.4. The van der Waals surface area contributed by atoms with Crippen LogP contribution >= 0.6 is 0 Å². The molecule has 0 aromatic heterocycles. The minimum absolute atomic E-state index is 0.127. The average molecular weight is 319 g/mol. The molecule has 6 heteroatoms. The van der Waals surface area contributed by atoms with E-state index in [1.54, 1.807) is 0 Å². The van der Waals surface area contributed by atoms with Gasteiger partial charge in [-0.1, -0.05) is 55.9 Å². The van der Waals surface area contributed by atoms with Crippen molar-refractivity contribution < 1.29 is 19.1 Å². The topological polar surface area (TPSA) is 64.6 Å². The van der Waals surface area contributed by atoms with E-state index in [-0.39, 0.29) is 6.61 Å². The lowest BCUT2D eigenvalue weighted by molar-refractivity contribution is -0.141. The monoisotopic (exact) mass is 319 g/mol. The smallest absolute Gasteiger partial charge is 0.408 e. The summed E-state index contributed by atoms with van der Waals surface area (Å²) in [7, 11) is -0.409. The summed E-state index contributed by atoms with van der Waals surface area (Å²) in [5, 5.41) is 2.42. The molecule has 1 N–H and O–H groups in total. The van der Waals surface area contributed by atoms with Gasteiger partial charge in [-0.05, 0) is 5.56 Å². The second kappa shape index (κ2) is 8.25. The van der Waals surface area contributed by atoms with Crippen molar-refractivity contribution in [2.24, 2.45) is 0 Å². The number of esters is 1. The van der Waals surface area contributed by atoms with E-state index < -0.39 is 26.2 Å². The Bertz CT molecular complexity index is 569. The van der Waals surface area contributed by atoms with Crippen molar-refractivity contribution in [1.29, 1.82) is 0 Å². The second-order valence-corrected chi connectivity index (χ2v) is 10.4. The largest absolute Gasteiger partial charge is 0.467 e. The number of rotatable bonds is 4. The van der Waals surface area contributed by atoms with Crippen LogP contribution in [-0.2, 0) is 20.9 Å². The second-order valence-electron chi connectivity index (χ2n) is 5.68. The molecule has 5 nitrogen and oxygen atoms in total. The number of nitrogens with one attached hydrogen (secondary N) is 1. The van der Waals surface area contributed by atoms with Crippen molar-refractivity contribution in [2.45, 2.75) is 32.3 Å². The predicted molar refractivity (Wildman–Crippen MR) is 86.7 cm³/mol. The van der Waals surface area contributed by atoms with Crippen LogP contribution in [-0.4, -0.2) is 33.3 Å². The average Bonchev–Trinajstić information content (AvgIpc) is 2.48. The molecule has 0 saturated carbocycles.